The number of nitrogens with one attached hydrogen (secondary N) is 2. The van der Waals surface area contributed by atoms with Gasteiger partial charge in [0.25, 0.3) is 5.91 Å². The van der Waals surface area contributed by atoms with Gasteiger partial charge in [-0.05, 0) is 24.3 Å². The van der Waals surface area contributed by atoms with Crippen molar-refractivity contribution in [3.63, 3.8) is 0 Å². The summed E-state index contributed by atoms with van der Waals surface area (Å²) in [6, 6.07) is 13.1. The van der Waals surface area contributed by atoms with Crippen LogP contribution in [-0.2, 0) is 20.9 Å². The van der Waals surface area contributed by atoms with Crippen molar-refractivity contribution >= 4 is 34.5 Å². The molecule has 0 aliphatic carbocycles. The van der Waals surface area contributed by atoms with Crippen LogP contribution in [-0.4, -0.2) is 11.8 Å². The molecule has 0 aromatic heterocycles. The van der Waals surface area contributed by atoms with Gasteiger partial charge in [-0.1, -0.05) is 18.2 Å². The molecule has 5 nitrogen and oxygen atoms in total. The molecule has 2 aromatic rings. The van der Waals surface area contributed by atoms with E-state index in [4.69, 9.17) is 4.74 Å². The van der Waals surface area contributed by atoms with E-state index in [1.165, 1.54) is 6.92 Å². The van der Waals surface area contributed by atoms with E-state index in [2.05, 4.69) is 10.6 Å². The molecule has 0 fully saturated rings. The first kappa shape index (κ1) is 13.6. The maximum atomic E-state index is 12.3. The lowest BCUT2D eigenvalue weighted by Crippen LogP contribution is -2.06. The lowest BCUT2D eigenvalue weighted by molar-refractivity contribution is -0.114. The SMILES string of the molecule is CC(=O)Nc1ccc2c(c1)CO/C2=C1/C(=O)Nc2ccccc21. The van der Waals surface area contributed by atoms with Crippen molar-refractivity contribution in [2.45, 2.75) is 13.5 Å². The summed E-state index contributed by atoms with van der Waals surface area (Å²) in [5.74, 6) is 0.323. The summed E-state index contributed by atoms with van der Waals surface area (Å²) in [4.78, 5) is 23.5. The number of anilines is 2. The second-order valence-corrected chi connectivity index (χ2v) is 5.55. The molecular formula is C18H14N2O3. The largest absolute Gasteiger partial charge is 0.487 e. The fraction of sp³-hybridized carbons (Fsp3) is 0.111. The third-order valence-corrected chi connectivity index (χ3v) is 3.94. The van der Waals surface area contributed by atoms with Gasteiger partial charge in [0.2, 0.25) is 5.91 Å². The number of carbonyl (C=O) groups excluding carboxylic acids is 2. The van der Waals surface area contributed by atoms with Gasteiger partial charge in [0.1, 0.15) is 12.4 Å². The molecule has 2 heterocycles. The molecule has 0 saturated carbocycles. The Balaban J connectivity index is 1.82. The molecular weight excluding hydrogens is 292 g/mol. The summed E-state index contributed by atoms with van der Waals surface area (Å²) in [6.07, 6.45) is 0. The third-order valence-electron chi connectivity index (χ3n) is 3.94. The maximum absolute atomic E-state index is 12.3. The number of carbonyl (C=O) groups is 2. The van der Waals surface area contributed by atoms with Gasteiger partial charge in [-0.3, -0.25) is 9.59 Å². The molecule has 0 bridgehead atoms. The first-order valence-corrected chi connectivity index (χ1v) is 7.32. The van der Waals surface area contributed by atoms with Gasteiger partial charge < -0.3 is 15.4 Å². The van der Waals surface area contributed by atoms with E-state index in [0.29, 0.717) is 17.9 Å². The molecule has 114 valence electrons. The highest BCUT2D eigenvalue weighted by atomic mass is 16.5. The smallest absolute Gasteiger partial charge is 0.260 e. The van der Waals surface area contributed by atoms with Gasteiger partial charge >= 0.3 is 0 Å². The molecule has 0 atom stereocenters. The Labute approximate surface area is 133 Å². The minimum atomic E-state index is -0.153. The Morgan fingerprint density at radius 2 is 2.00 bits per heavy atom. The van der Waals surface area contributed by atoms with Gasteiger partial charge in [-0.15, -0.1) is 0 Å². The fourth-order valence-electron chi connectivity index (χ4n) is 2.99. The van der Waals surface area contributed by atoms with Crippen LogP contribution in [0.3, 0.4) is 0 Å². The van der Waals surface area contributed by atoms with Crippen molar-refractivity contribution in [2.24, 2.45) is 0 Å². The van der Waals surface area contributed by atoms with Crippen LogP contribution in [0.15, 0.2) is 42.5 Å². The van der Waals surface area contributed by atoms with E-state index in [1.54, 1.807) is 0 Å². The molecule has 0 unspecified atom stereocenters. The fourth-order valence-corrected chi connectivity index (χ4v) is 2.99. The average molecular weight is 306 g/mol. The van der Waals surface area contributed by atoms with Crippen LogP contribution in [0, 0.1) is 0 Å². The molecule has 0 spiro atoms. The van der Waals surface area contributed by atoms with Crippen LogP contribution in [0.25, 0.3) is 11.3 Å². The molecule has 0 radical (unpaired) electrons. The van der Waals surface area contributed by atoms with Crippen molar-refractivity contribution in [1.29, 1.82) is 0 Å². The highest BCUT2D eigenvalue weighted by Crippen LogP contribution is 2.41. The first-order chi connectivity index (χ1) is 11.1. The summed E-state index contributed by atoms with van der Waals surface area (Å²) < 4.78 is 5.80. The second kappa shape index (κ2) is 4.98. The molecule has 4 rings (SSSR count). The van der Waals surface area contributed by atoms with Gasteiger partial charge in [-0.25, -0.2) is 0 Å². The van der Waals surface area contributed by atoms with E-state index in [0.717, 1.165) is 28.1 Å². The van der Waals surface area contributed by atoms with Gasteiger partial charge in [0.05, 0.1) is 5.57 Å². The normalized spacial score (nSPS) is 18.0. The highest BCUT2D eigenvalue weighted by molar-refractivity contribution is 6.36. The topological polar surface area (TPSA) is 67.4 Å². The molecule has 2 aliphatic rings. The Morgan fingerprint density at radius 3 is 2.83 bits per heavy atom. The van der Waals surface area contributed by atoms with Crippen LogP contribution in [0.2, 0.25) is 0 Å². The molecule has 2 N–H and O–H groups in total. The van der Waals surface area contributed by atoms with E-state index < -0.39 is 0 Å². The quantitative estimate of drug-likeness (QED) is 0.796. The standard InChI is InChI=1S/C18H14N2O3/c1-10(21)19-12-6-7-13-11(8-12)9-23-17(13)16-14-4-2-3-5-15(14)20-18(16)22/h2-8H,9H2,1H3,(H,19,21)(H,20,22)/b17-16+. The lowest BCUT2D eigenvalue weighted by Gasteiger charge is -2.06. The summed E-state index contributed by atoms with van der Waals surface area (Å²) in [6.45, 7) is 1.86. The van der Waals surface area contributed by atoms with Crippen molar-refractivity contribution in [2.75, 3.05) is 10.6 Å². The summed E-state index contributed by atoms with van der Waals surface area (Å²) in [7, 11) is 0. The average Bonchev–Trinajstić information content (AvgIpc) is 3.05. The number of benzene rings is 2. The van der Waals surface area contributed by atoms with Crippen LogP contribution >= 0.6 is 0 Å². The summed E-state index contributed by atoms with van der Waals surface area (Å²) in [5, 5.41) is 5.61. The lowest BCUT2D eigenvalue weighted by atomic mass is 10.0. The van der Waals surface area contributed by atoms with Crippen molar-refractivity contribution in [3.8, 4) is 0 Å². The van der Waals surface area contributed by atoms with E-state index in [-0.39, 0.29) is 11.8 Å². The Hall–Kier alpha value is -3.08. The minimum absolute atomic E-state index is 0.119. The van der Waals surface area contributed by atoms with Crippen molar-refractivity contribution in [1.82, 2.24) is 0 Å². The Bertz CT molecular complexity index is 884. The third kappa shape index (κ3) is 2.17. The van der Waals surface area contributed by atoms with Crippen molar-refractivity contribution < 1.29 is 14.3 Å². The monoisotopic (exact) mass is 306 g/mol. The number of rotatable bonds is 1. The molecule has 2 aliphatic heterocycles. The van der Waals surface area contributed by atoms with E-state index in [9.17, 15) is 9.59 Å². The van der Waals surface area contributed by atoms with Crippen LogP contribution in [0.4, 0.5) is 11.4 Å². The molecule has 5 heteroatoms. The number of hydrogen-bond acceptors (Lipinski definition) is 3. The predicted molar refractivity (Wildman–Crippen MR) is 87.4 cm³/mol. The van der Waals surface area contributed by atoms with Gasteiger partial charge in [-0.2, -0.15) is 0 Å². The highest BCUT2D eigenvalue weighted by Gasteiger charge is 2.32. The first-order valence-electron chi connectivity index (χ1n) is 7.32. The Kier molecular flexibility index (Phi) is 2.94. The number of para-hydroxylation sites is 1. The van der Waals surface area contributed by atoms with Crippen LogP contribution in [0.5, 0.6) is 0 Å². The number of hydrogen-bond donors (Lipinski definition) is 2. The number of fused-ring (bicyclic) bond motifs is 2. The second-order valence-electron chi connectivity index (χ2n) is 5.55. The summed E-state index contributed by atoms with van der Waals surface area (Å²) in [5.41, 5.74) is 4.78. The molecule has 23 heavy (non-hydrogen) atoms. The predicted octanol–water partition coefficient (Wildman–Crippen LogP) is 3.00. The van der Waals surface area contributed by atoms with E-state index in [1.807, 2.05) is 42.5 Å². The number of amides is 2. The zero-order valence-electron chi connectivity index (χ0n) is 12.5. The Morgan fingerprint density at radius 1 is 1.17 bits per heavy atom. The summed E-state index contributed by atoms with van der Waals surface area (Å²) >= 11 is 0. The van der Waals surface area contributed by atoms with Crippen LogP contribution in [0.1, 0.15) is 23.6 Å². The maximum Gasteiger partial charge on any atom is 0.260 e. The molecule has 2 aromatic carbocycles. The molecule has 0 saturated heterocycles. The van der Waals surface area contributed by atoms with Crippen molar-refractivity contribution in [3.05, 3.63) is 59.2 Å². The van der Waals surface area contributed by atoms with Gasteiger partial charge in [0.15, 0.2) is 0 Å². The van der Waals surface area contributed by atoms with Crippen LogP contribution < -0.4 is 10.6 Å². The zero-order chi connectivity index (χ0) is 16.0. The molecule has 2 amide bonds. The van der Waals surface area contributed by atoms with Gasteiger partial charge in [0, 0.05) is 35.0 Å². The number of ether oxygens (including phenoxy) is 1. The van der Waals surface area contributed by atoms with E-state index >= 15 is 0 Å². The minimum Gasteiger partial charge on any atom is -0.487 e. The zero-order valence-corrected chi connectivity index (χ0v) is 12.5.